The Labute approximate surface area is 131 Å². The largest absolute Gasteiger partial charge is 0.380 e. The number of halogens is 3. The molecule has 0 spiro atoms. The van der Waals surface area contributed by atoms with Crippen molar-refractivity contribution in [3.8, 4) is 0 Å². The Kier molecular flexibility index (Phi) is 5.21. The monoisotopic (exact) mass is 382 g/mol. The maximum absolute atomic E-state index is 13.7. The van der Waals surface area contributed by atoms with Crippen molar-refractivity contribution in [2.75, 3.05) is 31.2 Å². The van der Waals surface area contributed by atoms with Crippen LogP contribution in [-0.4, -0.2) is 38.6 Å². The van der Waals surface area contributed by atoms with Crippen LogP contribution in [0.25, 0.3) is 0 Å². The van der Waals surface area contributed by atoms with Gasteiger partial charge in [-0.2, -0.15) is 0 Å². The molecular formula is C13H17BrF2N2O2S. The van der Waals surface area contributed by atoms with E-state index in [-0.39, 0.29) is 11.6 Å². The average molecular weight is 383 g/mol. The van der Waals surface area contributed by atoms with Gasteiger partial charge in [-0.25, -0.2) is 21.5 Å². The molecule has 1 aromatic carbocycles. The molecule has 1 aliphatic rings. The van der Waals surface area contributed by atoms with Crippen molar-refractivity contribution in [2.24, 2.45) is 5.92 Å². The van der Waals surface area contributed by atoms with Crippen LogP contribution < -0.4 is 5.32 Å². The van der Waals surface area contributed by atoms with Gasteiger partial charge < -0.3 is 5.32 Å². The highest BCUT2D eigenvalue weighted by molar-refractivity contribution is 9.10. The number of anilines is 1. The van der Waals surface area contributed by atoms with Gasteiger partial charge >= 0.3 is 0 Å². The molecule has 1 N–H and O–H groups in total. The van der Waals surface area contributed by atoms with Crippen LogP contribution in [0.5, 0.6) is 0 Å². The molecule has 21 heavy (non-hydrogen) atoms. The van der Waals surface area contributed by atoms with Crippen LogP contribution in [0.4, 0.5) is 14.5 Å². The summed E-state index contributed by atoms with van der Waals surface area (Å²) in [7, 11) is -3.21. The molecule has 0 radical (unpaired) electrons. The van der Waals surface area contributed by atoms with E-state index in [1.165, 1.54) is 22.7 Å². The summed E-state index contributed by atoms with van der Waals surface area (Å²) in [6, 6.07) is 2.38. The lowest BCUT2D eigenvalue weighted by molar-refractivity contribution is 0.276. The molecule has 2 rings (SSSR count). The zero-order valence-electron chi connectivity index (χ0n) is 11.6. The smallest absolute Gasteiger partial charge is 0.211 e. The SMILES string of the molecule is CS(=O)(=O)N1CCCC(CNc2c(F)cc(Br)cc2F)C1. The lowest BCUT2D eigenvalue weighted by Crippen LogP contribution is -2.41. The number of hydrogen-bond acceptors (Lipinski definition) is 3. The fourth-order valence-corrected chi connectivity index (χ4v) is 3.80. The molecular weight excluding hydrogens is 366 g/mol. The molecule has 1 saturated heterocycles. The standard InChI is InChI=1S/C13H17BrF2N2O2S/c1-21(19,20)18-4-2-3-9(8-18)7-17-13-11(15)5-10(14)6-12(13)16/h5-6,9,17H,2-4,7-8H2,1H3. The summed E-state index contributed by atoms with van der Waals surface area (Å²) in [5.41, 5.74) is -0.172. The fraction of sp³-hybridized carbons (Fsp3) is 0.538. The minimum atomic E-state index is -3.21. The van der Waals surface area contributed by atoms with Gasteiger partial charge in [-0.15, -0.1) is 0 Å². The van der Waals surface area contributed by atoms with Gasteiger partial charge in [-0.3, -0.25) is 0 Å². The second kappa shape index (κ2) is 6.58. The lowest BCUT2D eigenvalue weighted by atomic mass is 9.99. The van der Waals surface area contributed by atoms with Gasteiger partial charge in [0.1, 0.15) is 17.3 Å². The first-order valence-corrected chi connectivity index (χ1v) is 9.25. The first kappa shape index (κ1) is 16.6. The van der Waals surface area contributed by atoms with E-state index < -0.39 is 21.7 Å². The van der Waals surface area contributed by atoms with Crippen molar-refractivity contribution in [1.29, 1.82) is 0 Å². The second-order valence-electron chi connectivity index (χ2n) is 5.25. The van der Waals surface area contributed by atoms with Crippen LogP contribution in [0, 0.1) is 17.6 Å². The predicted molar refractivity (Wildman–Crippen MR) is 81.7 cm³/mol. The average Bonchev–Trinajstić information content (AvgIpc) is 2.36. The highest BCUT2D eigenvalue weighted by Crippen LogP contribution is 2.25. The number of nitrogens with zero attached hydrogens (tertiary/aromatic N) is 1. The van der Waals surface area contributed by atoms with E-state index in [2.05, 4.69) is 21.2 Å². The van der Waals surface area contributed by atoms with Gasteiger partial charge in [0, 0.05) is 24.1 Å². The molecule has 1 fully saturated rings. The number of piperidine rings is 1. The van der Waals surface area contributed by atoms with Crippen molar-refractivity contribution in [1.82, 2.24) is 4.31 Å². The first-order chi connectivity index (χ1) is 9.77. The summed E-state index contributed by atoms with van der Waals surface area (Å²) in [5, 5.41) is 2.76. The topological polar surface area (TPSA) is 49.4 Å². The molecule has 1 aromatic rings. The zero-order valence-corrected chi connectivity index (χ0v) is 14.0. The molecule has 8 heteroatoms. The van der Waals surface area contributed by atoms with E-state index in [1.807, 2.05) is 0 Å². The third kappa shape index (κ3) is 4.37. The van der Waals surface area contributed by atoms with E-state index in [4.69, 9.17) is 0 Å². The van der Waals surface area contributed by atoms with Gasteiger partial charge in [-0.1, -0.05) is 15.9 Å². The Morgan fingerprint density at radius 3 is 2.57 bits per heavy atom. The van der Waals surface area contributed by atoms with Gasteiger partial charge in [0.05, 0.1) is 6.26 Å². The number of rotatable bonds is 4. The fourth-order valence-electron chi connectivity index (χ4n) is 2.45. The van der Waals surface area contributed by atoms with Gasteiger partial charge in [0.25, 0.3) is 0 Å². The molecule has 1 unspecified atom stereocenters. The van der Waals surface area contributed by atoms with Crippen LogP contribution >= 0.6 is 15.9 Å². The van der Waals surface area contributed by atoms with Gasteiger partial charge in [-0.05, 0) is 30.9 Å². The molecule has 1 aliphatic heterocycles. The van der Waals surface area contributed by atoms with Crippen molar-refractivity contribution in [3.05, 3.63) is 28.2 Å². The molecule has 1 atom stereocenters. The van der Waals surface area contributed by atoms with Crippen LogP contribution in [0.15, 0.2) is 16.6 Å². The quantitative estimate of drug-likeness (QED) is 0.870. The second-order valence-corrected chi connectivity index (χ2v) is 8.15. The molecule has 4 nitrogen and oxygen atoms in total. The number of benzene rings is 1. The number of hydrogen-bond donors (Lipinski definition) is 1. The summed E-state index contributed by atoms with van der Waals surface area (Å²) in [5.74, 6) is -1.30. The third-order valence-corrected chi connectivity index (χ3v) is 5.25. The van der Waals surface area contributed by atoms with Crippen molar-refractivity contribution in [3.63, 3.8) is 0 Å². The van der Waals surface area contributed by atoms with E-state index in [0.29, 0.717) is 24.1 Å². The molecule has 0 saturated carbocycles. The van der Waals surface area contributed by atoms with Crippen LogP contribution in [0.2, 0.25) is 0 Å². The van der Waals surface area contributed by atoms with Crippen molar-refractivity contribution < 1.29 is 17.2 Å². The minimum absolute atomic E-state index is 0.0379. The Balaban J connectivity index is 2.00. The maximum atomic E-state index is 13.7. The van der Waals surface area contributed by atoms with Crippen LogP contribution in [-0.2, 0) is 10.0 Å². The Hall–Kier alpha value is -0.730. The first-order valence-electron chi connectivity index (χ1n) is 6.61. The molecule has 0 amide bonds. The van der Waals surface area contributed by atoms with E-state index >= 15 is 0 Å². The Morgan fingerprint density at radius 2 is 2.00 bits per heavy atom. The summed E-state index contributed by atoms with van der Waals surface area (Å²) in [4.78, 5) is 0. The van der Waals surface area contributed by atoms with Gasteiger partial charge in [0.2, 0.25) is 10.0 Å². The van der Waals surface area contributed by atoms with Crippen LogP contribution in [0.1, 0.15) is 12.8 Å². The maximum Gasteiger partial charge on any atom is 0.211 e. The van der Waals surface area contributed by atoms with E-state index in [0.717, 1.165) is 12.8 Å². The summed E-state index contributed by atoms with van der Waals surface area (Å²) >= 11 is 3.02. The molecule has 118 valence electrons. The molecule has 0 aliphatic carbocycles. The molecule has 0 aromatic heterocycles. The third-order valence-electron chi connectivity index (χ3n) is 3.53. The van der Waals surface area contributed by atoms with E-state index in [9.17, 15) is 17.2 Å². The minimum Gasteiger partial charge on any atom is -0.380 e. The summed E-state index contributed by atoms with van der Waals surface area (Å²) in [6.45, 7) is 1.23. The number of sulfonamides is 1. The summed E-state index contributed by atoms with van der Waals surface area (Å²) < 4.78 is 52.2. The van der Waals surface area contributed by atoms with E-state index in [1.54, 1.807) is 0 Å². The predicted octanol–water partition coefficient (Wildman–Crippen LogP) is 2.81. The van der Waals surface area contributed by atoms with Crippen molar-refractivity contribution >= 4 is 31.6 Å². The number of nitrogens with one attached hydrogen (secondary N) is 1. The zero-order chi connectivity index (χ0) is 15.6. The molecule has 0 bridgehead atoms. The van der Waals surface area contributed by atoms with Gasteiger partial charge in [0.15, 0.2) is 0 Å². The van der Waals surface area contributed by atoms with Crippen molar-refractivity contribution in [2.45, 2.75) is 12.8 Å². The molecule has 1 heterocycles. The normalized spacial score (nSPS) is 20.5. The highest BCUT2D eigenvalue weighted by Gasteiger charge is 2.26. The van der Waals surface area contributed by atoms with Crippen LogP contribution in [0.3, 0.4) is 0 Å². The highest BCUT2D eigenvalue weighted by atomic mass is 79.9. The summed E-state index contributed by atoms with van der Waals surface area (Å²) in [6.07, 6.45) is 2.76. The lowest BCUT2D eigenvalue weighted by Gasteiger charge is -2.31. The Morgan fingerprint density at radius 1 is 1.38 bits per heavy atom. The Bertz CT molecular complexity index is 602.